The molecule has 0 unspecified atom stereocenters. The Morgan fingerprint density at radius 2 is 2.06 bits per heavy atom. The fraction of sp³-hybridized carbons (Fsp3) is 0.217. The number of nitrogens with one attached hydrogen (secondary N) is 1. The largest absolute Gasteiger partial charge is 0.480 e. The molecule has 156 valence electrons. The van der Waals surface area contributed by atoms with Crippen molar-refractivity contribution in [2.24, 2.45) is 0 Å². The number of aromatic nitrogens is 4. The number of hydrogen-bond donors (Lipinski definition) is 2. The van der Waals surface area contributed by atoms with Crippen molar-refractivity contribution in [1.82, 2.24) is 24.8 Å². The van der Waals surface area contributed by atoms with Gasteiger partial charge < -0.3 is 15.5 Å². The maximum Gasteiger partial charge on any atom is 0.227 e. The zero-order valence-electron chi connectivity index (χ0n) is 17.2. The number of rotatable bonds is 3. The molecule has 0 radical (unpaired) electrons. The van der Waals surface area contributed by atoms with Gasteiger partial charge in [0.25, 0.3) is 0 Å². The van der Waals surface area contributed by atoms with Gasteiger partial charge in [-0.3, -0.25) is 9.88 Å². The highest BCUT2D eigenvalue weighted by Gasteiger charge is 2.17. The second kappa shape index (κ2) is 9.24. The first kappa shape index (κ1) is 20.3. The first-order chi connectivity index (χ1) is 15.2. The Morgan fingerprint density at radius 3 is 2.84 bits per heavy atom. The zero-order chi connectivity index (χ0) is 21.6. The fourth-order valence-electron chi connectivity index (χ4n) is 3.61. The Labute approximate surface area is 180 Å². The predicted octanol–water partition coefficient (Wildman–Crippen LogP) is 3.06. The van der Waals surface area contributed by atoms with Gasteiger partial charge in [0.15, 0.2) is 0 Å². The number of nitriles is 1. The first-order valence-corrected chi connectivity index (χ1v) is 9.95. The average Bonchev–Trinajstić information content (AvgIpc) is 3.27. The van der Waals surface area contributed by atoms with Crippen LogP contribution in [-0.2, 0) is 19.5 Å². The third-order valence-electron chi connectivity index (χ3n) is 5.09. The summed E-state index contributed by atoms with van der Waals surface area (Å²) in [7, 11) is 1.55. The molecule has 5 rings (SSSR count). The van der Waals surface area contributed by atoms with Crippen LogP contribution in [0.4, 0.5) is 5.95 Å². The van der Waals surface area contributed by atoms with Crippen molar-refractivity contribution in [3.8, 4) is 11.9 Å². The van der Waals surface area contributed by atoms with Crippen molar-refractivity contribution in [3.63, 3.8) is 0 Å². The van der Waals surface area contributed by atoms with Gasteiger partial charge in [-0.05, 0) is 23.3 Å². The smallest absolute Gasteiger partial charge is 0.227 e. The zero-order valence-corrected chi connectivity index (χ0v) is 17.2. The van der Waals surface area contributed by atoms with E-state index < -0.39 is 0 Å². The average molecular weight is 413 g/mol. The molecule has 8 nitrogen and oxygen atoms in total. The highest BCUT2D eigenvalue weighted by atomic mass is 16.5. The maximum atomic E-state index is 8.94. The third kappa shape index (κ3) is 4.79. The number of hydrogen-bond acceptors (Lipinski definition) is 7. The SMILES string of the molecule is COc1nc(N)nc2[nH]ccc12.N#Cc1cnc2c(c1)CN(Cc1ccccc1)CC2. The highest BCUT2D eigenvalue weighted by molar-refractivity contribution is 5.81. The summed E-state index contributed by atoms with van der Waals surface area (Å²) in [5, 5.41) is 9.78. The van der Waals surface area contributed by atoms with Crippen LogP contribution in [0.2, 0.25) is 0 Å². The molecular weight excluding hydrogens is 390 g/mol. The number of pyridine rings is 1. The van der Waals surface area contributed by atoms with Gasteiger partial charge in [0.1, 0.15) is 11.7 Å². The van der Waals surface area contributed by atoms with Crippen LogP contribution in [0.3, 0.4) is 0 Å². The van der Waals surface area contributed by atoms with Crippen LogP contribution in [0, 0.1) is 11.3 Å². The Balaban J connectivity index is 0.000000166. The second-order valence-electron chi connectivity index (χ2n) is 7.22. The van der Waals surface area contributed by atoms with Crippen LogP contribution in [0.5, 0.6) is 5.88 Å². The lowest BCUT2D eigenvalue weighted by molar-refractivity contribution is 0.243. The van der Waals surface area contributed by atoms with E-state index in [4.69, 9.17) is 15.7 Å². The van der Waals surface area contributed by atoms with Gasteiger partial charge >= 0.3 is 0 Å². The predicted molar refractivity (Wildman–Crippen MR) is 118 cm³/mol. The topological polar surface area (TPSA) is 117 Å². The van der Waals surface area contributed by atoms with Crippen molar-refractivity contribution < 1.29 is 4.74 Å². The summed E-state index contributed by atoms with van der Waals surface area (Å²) < 4.78 is 5.02. The number of ether oxygens (including phenoxy) is 1. The molecule has 3 aromatic heterocycles. The molecule has 0 fully saturated rings. The summed E-state index contributed by atoms with van der Waals surface area (Å²) in [4.78, 5) is 17.6. The van der Waals surface area contributed by atoms with Crippen LogP contribution in [-0.4, -0.2) is 38.5 Å². The Kier molecular flexibility index (Phi) is 6.05. The molecule has 1 aromatic carbocycles. The standard InChI is InChI=1S/C16H15N3.C7H8N4O/c17-9-14-8-15-12-19(7-6-16(15)18-10-14)11-13-4-2-1-3-5-13;1-12-6-4-2-3-9-5(4)10-7(8)11-6/h1-5,8,10H,6-7,11-12H2;2-3H,1H3,(H3,8,9,10,11). The van der Waals surface area contributed by atoms with Crippen LogP contribution in [0.15, 0.2) is 54.9 Å². The van der Waals surface area contributed by atoms with Crippen molar-refractivity contribution in [3.05, 3.63) is 77.2 Å². The molecule has 0 aliphatic carbocycles. The summed E-state index contributed by atoms with van der Waals surface area (Å²) in [5.74, 6) is 0.709. The van der Waals surface area contributed by atoms with Gasteiger partial charge in [-0.1, -0.05) is 30.3 Å². The Hall–Kier alpha value is -3.96. The minimum absolute atomic E-state index is 0.210. The van der Waals surface area contributed by atoms with Gasteiger partial charge in [0, 0.05) is 44.1 Å². The molecule has 0 amide bonds. The van der Waals surface area contributed by atoms with Gasteiger partial charge in [-0.2, -0.15) is 15.2 Å². The van der Waals surface area contributed by atoms with Gasteiger partial charge in [-0.15, -0.1) is 0 Å². The van der Waals surface area contributed by atoms with E-state index in [0.717, 1.165) is 37.1 Å². The number of nitrogens with zero attached hydrogens (tertiary/aromatic N) is 5. The molecule has 0 saturated carbocycles. The molecule has 0 spiro atoms. The van der Waals surface area contributed by atoms with Crippen LogP contribution < -0.4 is 10.5 Å². The number of H-pyrrole nitrogens is 1. The van der Waals surface area contributed by atoms with Crippen molar-refractivity contribution >= 4 is 17.0 Å². The third-order valence-corrected chi connectivity index (χ3v) is 5.09. The quantitative estimate of drug-likeness (QED) is 0.530. The molecule has 1 aliphatic heterocycles. The van der Waals surface area contributed by atoms with E-state index in [9.17, 15) is 0 Å². The molecule has 31 heavy (non-hydrogen) atoms. The normalized spacial score (nSPS) is 13.0. The van der Waals surface area contributed by atoms with E-state index in [2.05, 4.69) is 55.2 Å². The molecule has 4 aromatic rings. The number of methoxy groups -OCH3 is 1. The molecular formula is C23H23N7O. The monoisotopic (exact) mass is 413 g/mol. The Morgan fingerprint density at radius 1 is 1.23 bits per heavy atom. The lowest BCUT2D eigenvalue weighted by Crippen LogP contribution is -2.30. The van der Waals surface area contributed by atoms with E-state index >= 15 is 0 Å². The molecule has 4 heterocycles. The summed E-state index contributed by atoms with van der Waals surface area (Å²) in [5.41, 5.74) is 10.5. The number of benzene rings is 1. The lowest BCUT2D eigenvalue weighted by Gasteiger charge is -2.28. The molecule has 3 N–H and O–H groups in total. The van der Waals surface area contributed by atoms with E-state index in [1.165, 1.54) is 11.1 Å². The molecule has 1 aliphatic rings. The van der Waals surface area contributed by atoms with Crippen molar-refractivity contribution in [2.45, 2.75) is 19.5 Å². The Bertz CT molecular complexity index is 1210. The summed E-state index contributed by atoms with van der Waals surface area (Å²) >= 11 is 0. The maximum absolute atomic E-state index is 8.94. The molecule has 8 heteroatoms. The number of nitrogen functional groups attached to an aromatic ring is 1. The fourth-order valence-corrected chi connectivity index (χ4v) is 3.61. The van der Waals surface area contributed by atoms with Gasteiger partial charge in [0.2, 0.25) is 11.8 Å². The van der Waals surface area contributed by atoms with Crippen molar-refractivity contribution in [2.75, 3.05) is 19.4 Å². The first-order valence-electron chi connectivity index (χ1n) is 9.95. The van der Waals surface area contributed by atoms with Crippen molar-refractivity contribution in [1.29, 1.82) is 5.26 Å². The highest BCUT2D eigenvalue weighted by Crippen LogP contribution is 2.21. The van der Waals surface area contributed by atoms with E-state index in [-0.39, 0.29) is 5.95 Å². The lowest BCUT2D eigenvalue weighted by atomic mass is 10.0. The van der Waals surface area contributed by atoms with Crippen LogP contribution in [0.1, 0.15) is 22.4 Å². The number of aromatic amines is 1. The van der Waals surface area contributed by atoms with E-state index in [1.54, 1.807) is 19.5 Å². The number of anilines is 1. The summed E-state index contributed by atoms with van der Waals surface area (Å²) in [6.45, 7) is 2.87. The van der Waals surface area contributed by atoms with E-state index in [0.29, 0.717) is 17.1 Å². The van der Waals surface area contributed by atoms with Gasteiger partial charge in [0.05, 0.1) is 18.1 Å². The van der Waals surface area contributed by atoms with Crippen LogP contribution >= 0.6 is 0 Å². The van der Waals surface area contributed by atoms with Gasteiger partial charge in [-0.25, -0.2) is 0 Å². The van der Waals surface area contributed by atoms with Crippen LogP contribution in [0.25, 0.3) is 11.0 Å². The minimum atomic E-state index is 0.210. The summed E-state index contributed by atoms with van der Waals surface area (Å²) in [6, 6.07) is 16.5. The summed E-state index contributed by atoms with van der Waals surface area (Å²) in [6.07, 6.45) is 4.40. The van der Waals surface area contributed by atoms with E-state index in [1.807, 2.05) is 18.2 Å². The minimum Gasteiger partial charge on any atom is -0.480 e. The second-order valence-corrected chi connectivity index (χ2v) is 7.22. The number of fused-ring (bicyclic) bond motifs is 2. The molecule has 0 saturated heterocycles. The molecule has 0 bridgehead atoms. The number of nitrogens with two attached hydrogens (primary N) is 1. The molecule has 0 atom stereocenters.